The molecule has 2 N–H and O–H groups in total. The van der Waals surface area contributed by atoms with Gasteiger partial charge in [0.2, 0.25) is 0 Å². The van der Waals surface area contributed by atoms with Crippen LogP contribution in [0.5, 0.6) is 0 Å². The number of aryl methyl sites for hydroxylation is 2. The number of aliphatic imine (C=N–C) groups is 1. The van der Waals surface area contributed by atoms with Crippen molar-refractivity contribution < 1.29 is 0 Å². The van der Waals surface area contributed by atoms with E-state index in [1.54, 1.807) is 18.4 Å². The maximum Gasteiger partial charge on any atom is 0.191 e. The monoisotopic (exact) mass is 291 g/mol. The third kappa shape index (κ3) is 3.48. The zero-order valence-electron chi connectivity index (χ0n) is 12.2. The number of aromatic nitrogens is 1. The maximum absolute atomic E-state index is 9.11. The first-order valence-electron chi connectivity index (χ1n) is 6.93. The number of hydrogen-bond donors (Lipinski definition) is 2. The lowest BCUT2D eigenvalue weighted by molar-refractivity contribution is 0.532. The lowest BCUT2D eigenvalue weighted by Crippen LogP contribution is -2.44. The van der Waals surface area contributed by atoms with Gasteiger partial charge < -0.3 is 10.6 Å². The Balaban J connectivity index is 1.90. The molecule has 0 amide bonds. The van der Waals surface area contributed by atoms with Gasteiger partial charge in [-0.1, -0.05) is 0 Å². The Kier molecular flexibility index (Phi) is 4.96. The van der Waals surface area contributed by atoms with Crippen LogP contribution in [-0.4, -0.2) is 24.0 Å². The highest BCUT2D eigenvalue weighted by Gasteiger charge is 2.27. The van der Waals surface area contributed by atoms with Gasteiger partial charge in [-0.25, -0.2) is 4.98 Å². The van der Waals surface area contributed by atoms with Crippen molar-refractivity contribution in [2.75, 3.05) is 7.05 Å². The summed E-state index contributed by atoms with van der Waals surface area (Å²) in [5, 5.41) is 16.9. The summed E-state index contributed by atoms with van der Waals surface area (Å²) < 4.78 is 0. The van der Waals surface area contributed by atoms with E-state index in [0.29, 0.717) is 0 Å². The van der Waals surface area contributed by atoms with E-state index in [0.717, 1.165) is 42.5 Å². The van der Waals surface area contributed by atoms with Crippen LogP contribution < -0.4 is 10.6 Å². The van der Waals surface area contributed by atoms with Gasteiger partial charge in [-0.2, -0.15) is 5.26 Å². The molecule has 0 bridgehead atoms. The number of nitrogens with one attached hydrogen (secondary N) is 2. The number of nitriles is 1. The molecule has 1 aromatic heterocycles. The zero-order chi connectivity index (χ0) is 14.5. The van der Waals surface area contributed by atoms with Gasteiger partial charge in [-0.3, -0.25) is 4.99 Å². The number of nitrogens with zero attached hydrogens (tertiary/aromatic N) is 3. The van der Waals surface area contributed by atoms with Gasteiger partial charge in [0.15, 0.2) is 5.96 Å². The summed E-state index contributed by atoms with van der Waals surface area (Å²) in [5.74, 6) is 0.864. The molecule has 1 aromatic rings. The van der Waals surface area contributed by atoms with Gasteiger partial charge in [-0.15, -0.1) is 11.3 Å². The summed E-state index contributed by atoms with van der Waals surface area (Å²) in [6, 6.07) is 2.59. The van der Waals surface area contributed by atoms with E-state index in [9.17, 15) is 0 Å². The average Bonchev–Trinajstić information content (AvgIpc) is 3.00. The Labute approximate surface area is 124 Å². The summed E-state index contributed by atoms with van der Waals surface area (Å²) in [6.45, 7) is 4.77. The normalized spacial score (nSPS) is 22.6. The van der Waals surface area contributed by atoms with E-state index in [1.165, 1.54) is 4.88 Å². The molecule has 1 saturated carbocycles. The van der Waals surface area contributed by atoms with Crippen molar-refractivity contribution >= 4 is 17.3 Å². The quantitative estimate of drug-likeness (QED) is 0.661. The molecule has 1 aliphatic carbocycles. The zero-order valence-corrected chi connectivity index (χ0v) is 13.0. The van der Waals surface area contributed by atoms with Gasteiger partial charge in [-0.05, 0) is 33.1 Å². The second-order valence-electron chi connectivity index (χ2n) is 5.08. The van der Waals surface area contributed by atoms with Crippen molar-refractivity contribution in [3.63, 3.8) is 0 Å². The van der Waals surface area contributed by atoms with E-state index in [2.05, 4.69) is 26.7 Å². The van der Waals surface area contributed by atoms with E-state index in [4.69, 9.17) is 5.26 Å². The largest absolute Gasteiger partial charge is 0.352 e. The molecule has 0 spiro atoms. The first kappa shape index (κ1) is 14.8. The van der Waals surface area contributed by atoms with Crippen LogP contribution >= 0.6 is 11.3 Å². The van der Waals surface area contributed by atoms with Gasteiger partial charge in [0.1, 0.15) is 0 Å². The Morgan fingerprint density at radius 2 is 2.30 bits per heavy atom. The van der Waals surface area contributed by atoms with E-state index in [-0.39, 0.29) is 12.0 Å². The number of guanidine groups is 1. The highest BCUT2D eigenvalue weighted by atomic mass is 32.1. The average molecular weight is 291 g/mol. The SMILES string of the molecule is CN=C(NCc1sc(C)nc1C)NC1CCCC1C#N. The van der Waals surface area contributed by atoms with Crippen LogP contribution in [0.25, 0.3) is 0 Å². The van der Waals surface area contributed by atoms with E-state index in [1.807, 2.05) is 13.8 Å². The standard InChI is InChI=1S/C14H21N5S/c1-9-13(20-10(2)18-9)8-17-14(16-3)19-12-6-4-5-11(12)7-15/h11-12H,4-6,8H2,1-3H3,(H2,16,17,19). The Morgan fingerprint density at radius 3 is 2.90 bits per heavy atom. The minimum Gasteiger partial charge on any atom is -0.352 e. The third-order valence-electron chi connectivity index (χ3n) is 3.64. The molecule has 20 heavy (non-hydrogen) atoms. The predicted molar refractivity (Wildman–Crippen MR) is 81.7 cm³/mol. The molecule has 0 aromatic carbocycles. The molecule has 6 heteroatoms. The molecule has 0 radical (unpaired) electrons. The lowest BCUT2D eigenvalue weighted by Gasteiger charge is -2.19. The van der Waals surface area contributed by atoms with Crippen molar-refractivity contribution in [3.8, 4) is 6.07 Å². The fraction of sp³-hybridized carbons (Fsp3) is 0.643. The number of thiazole rings is 1. The minimum atomic E-state index is 0.0981. The molecule has 2 rings (SSSR count). The fourth-order valence-electron chi connectivity index (χ4n) is 2.56. The van der Waals surface area contributed by atoms with Crippen LogP contribution in [0.4, 0.5) is 0 Å². The lowest BCUT2D eigenvalue weighted by atomic mass is 10.1. The molecule has 2 unspecified atom stereocenters. The van der Waals surface area contributed by atoms with Crippen molar-refractivity contribution in [2.24, 2.45) is 10.9 Å². The van der Waals surface area contributed by atoms with Crippen molar-refractivity contribution in [3.05, 3.63) is 15.6 Å². The predicted octanol–water partition coefficient (Wildman–Crippen LogP) is 2.12. The van der Waals surface area contributed by atoms with Gasteiger partial charge in [0.05, 0.1) is 29.2 Å². The second-order valence-corrected chi connectivity index (χ2v) is 6.37. The molecule has 1 fully saturated rings. The summed E-state index contributed by atoms with van der Waals surface area (Å²) in [4.78, 5) is 9.89. The summed E-state index contributed by atoms with van der Waals surface area (Å²) in [5.41, 5.74) is 1.08. The first-order valence-corrected chi connectivity index (χ1v) is 7.75. The smallest absolute Gasteiger partial charge is 0.191 e. The molecule has 1 aliphatic rings. The van der Waals surface area contributed by atoms with Crippen molar-refractivity contribution in [1.82, 2.24) is 15.6 Å². The molecule has 5 nitrogen and oxygen atoms in total. The topological polar surface area (TPSA) is 73.1 Å². The summed E-state index contributed by atoms with van der Waals surface area (Å²) in [7, 11) is 1.76. The fourth-order valence-corrected chi connectivity index (χ4v) is 3.44. The van der Waals surface area contributed by atoms with Crippen LogP contribution in [0, 0.1) is 31.1 Å². The summed E-state index contributed by atoms with van der Waals surface area (Å²) >= 11 is 1.71. The molecule has 1 heterocycles. The van der Waals surface area contributed by atoms with Crippen molar-refractivity contribution in [1.29, 1.82) is 5.26 Å². The Bertz CT molecular complexity index is 528. The molecular formula is C14H21N5S. The van der Waals surface area contributed by atoms with E-state index < -0.39 is 0 Å². The van der Waals surface area contributed by atoms with Crippen LogP contribution in [0.1, 0.15) is 34.8 Å². The van der Waals surface area contributed by atoms with Crippen LogP contribution in [0.15, 0.2) is 4.99 Å². The van der Waals surface area contributed by atoms with E-state index >= 15 is 0 Å². The number of hydrogen-bond acceptors (Lipinski definition) is 4. The molecule has 108 valence electrons. The highest BCUT2D eigenvalue weighted by Crippen LogP contribution is 2.24. The minimum absolute atomic E-state index is 0.0981. The highest BCUT2D eigenvalue weighted by molar-refractivity contribution is 7.11. The maximum atomic E-state index is 9.11. The van der Waals surface area contributed by atoms with Crippen LogP contribution in [-0.2, 0) is 6.54 Å². The molecule has 0 aliphatic heterocycles. The van der Waals surface area contributed by atoms with Gasteiger partial charge in [0.25, 0.3) is 0 Å². The molecule has 0 saturated heterocycles. The van der Waals surface area contributed by atoms with Gasteiger partial charge >= 0.3 is 0 Å². The summed E-state index contributed by atoms with van der Waals surface area (Å²) in [6.07, 6.45) is 3.13. The van der Waals surface area contributed by atoms with Crippen LogP contribution in [0.2, 0.25) is 0 Å². The first-order chi connectivity index (χ1) is 9.63. The van der Waals surface area contributed by atoms with Gasteiger partial charge in [0, 0.05) is 18.0 Å². The van der Waals surface area contributed by atoms with Crippen LogP contribution in [0.3, 0.4) is 0 Å². The number of rotatable bonds is 3. The Hall–Kier alpha value is -1.61. The second kappa shape index (κ2) is 6.71. The van der Waals surface area contributed by atoms with Crippen molar-refractivity contribution in [2.45, 2.75) is 45.7 Å². The molecular weight excluding hydrogens is 270 g/mol. The molecule has 2 atom stereocenters. The Morgan fingerprint density at radius 1 is 1.50 bits per heavy atom. The third-order valence-corrected chi connectivity index (χ3v) is 4.72.